The van der Waals surface area contributed by atoms with Crippen molar-refractivity contribution in [1.82, 2.24) is 4.98 Å². The van der Waals surface area contributed by atoms with E-state index in [9.17, 15) is 4.39 Å². The topological polar surface area (TPSA) is 48.1 Å². The SMILES string of the molecule is Cc1ccc(F)cc1OCc1nc(N)ccc1Cl. The summed E-state index contributed by atoms with van der Waals surface area (Å²) in [5.41, 5.74) is 6.94. The highest BCUT2D eigenvalue weighted by Gasteiger charge is 2.06. The van der Waals surface area contributed by atoms with E-state index >= 15 is 0 Å². The summed E-state index contributed by atoms with van der Waals surface area (Å²) >= 11 is 5.96. The molecule has 0 aliphatic carbocycles. The standard InChI is InChI=1S/C13H12ClFN2O/c1-8-2-3-9(15)6-12(8)18-7-11-10(14)4-5-13(16)17-11/h2-6H,7H2,1H3,(H2,16,17). The molecule has 0 atom stereocenters. The Morgan fingerprint density at radius 1 is 1.33 bits per heavy atom. The zero-order chi connectivity index (χ0) is 13.1. The van der Waals surface area contributed by atoms with Gasteiger partial charge < -0.3 is 10.5 Å². The Hall–Kier alpha value is -1.81. The predicted molar refractivity (Wildman–Crippen MR) is 69.1 cm³/mol. The van der Waals surface area contributed by atoms with E-state index in [1.54, 1.807) is 18.2 Å². The fourth-order valence-electron chi connectivity index (χ4n) is 1.48. The molecule has 1 heterocycles. The van der Waals surface area contributed by atoms with Crippen LogP contribution in [0.15, 0.2) is 30.3 Å². The van der Waals surface area contributed by atoms with Gasteiger partial charge in [-0.2, -0.15) is 0 Å². The number of benzene rings is 1. The molecule has 1 aromatic carbocycles. The summed E-state index contributed by atoms with van der Waals surface area (Å²) in [5, 5.41) is 0.471. The van der Waals surface area contributed by atoms with Crippen molar-refractivity contribution in [2.24, 2.45) is 0 Å². The minimum Gasteiger partial charge on any atom is -0.487 e. The van der Waals surface area contributed by atoms with E-state index in [0.717, 1.165) is 5.56 Å². The number of aryl methyl sites for hydroxylation is 1. The van der Waals surface area contributed by atoms with Gasteiger partial charge in [-0.1, -0.05) is 17.7 Å². The molecule has 0 amide bonds. The second kappa shape index (κ2) is 5.23. The maximum atomic E-state index is 13.1. The number of anilines is 1. The molecule has 0 saturated heterocycles. The van der Waals surface area contributed by atoms with E-state index in [0.29, 0.717) is 22.3 Å². The monoisotopic (exact) mass is 266 g/mol. The van der Waals surface area contributed by atoms with Crippen molar-refractivity contribution in [2.75, 3.05) is 5.73 Å². The van der Waals surface area contributed by atoms with Crippen LogP contribution in [-0.2, 0) is 6.61 Å². The molecule has 1 aromatic heterocycles. The Bertz CT molecular complexity index is 523. The molecule has 0 spiro atoms. The van der Waals surface area contributed by atoms with Crippen LogP contribution in [0.3, 0.4) is 0 Å². The van der Waals surface area contributed by atoms with Crippen LogP contribution in [-0.4, -0.2) is 4.98 Å². The van der Waals surface area contributed by atoms with Gasteiger partial charge in [0.05, 0.1) is 10.7 Å². The maximum Gasteiger partial charge on any atom is 0.132 e. The van der Waals surface area contributed by atoms with E-state index in [2.05, 4.69) is 4.98 Å². The van der Waals surface area contributed by atoms with Crippen LogP contribution in [0.1, 0.15) is 11.3 Å². The lowest BCUT2D eigenvalue weighted by Crippen LogP contribution is -2.02. The fourth-order valence-corrected chi connectivity index (χ4v) is 1.64. The lowest BCUT2D eigenvalue weighted by Gasteiger charge is -2.10. The van der Waals surface area contributed by atoms with Crippen LogP contribution in [0.4, 0.5) is 10.2 Å². The smallest absolute Gasteiger partial charge is 0.132 e. The van der Waals surface area contributed by atoms with Gasteiger partial charge in [-0.25, -0.2) is 9.37 Å². The summed E-state index contributed by atoms with van der Waals surface area (Å²) in [6, 6.07) is 7.63. The molecular weight excluding hydrogens is 255 g/mol. The third-order valence-corrected chi connectivity index (χ3v) is 2.80. The highest BCUT2D eigenvalue weighted by atomic mass is 35.5. The van der Waals surface area contributed by atoms with E-state index < -0.39 is 0 Å². The van der Waals surface area contributed by atoms with E-state index in [1.807, 2.05) is 6.92 Å². The second-order valence-electron chi connectivity index (χ2n) is 3.86. The molecule has 0 bridgehead atoms. The lowest BCUT2D eigenvalue weighted by atomic mass is 10.2. The van der Waals surface area contributed by atoms with Gasteiger partial charge in [0.2, 0.25) is 0 Å². The lowest BCUT2D eigenvalue weighted by molar-refractivity contribution is 0.298. The summed E-state index contributed by atoms with van der Waals surface area (Å²) in [5.74, 6) is 0.492. The zero-order valence-corrected chi connectivity index (χ0v) is 10.5. The van der Waals surface area contributed by atoms with Crippen LogP contribution in [0.5, 0.6) is 5.75 Å². The van der Waals surface area contributed by atoms with Crippen LogP contribution in [0.2, 0.25) is 5.02 Å². The first-order chi connectivity index (χ1) is 8.56. The van der Waals surface area contributed by atoms with Crippen molar-refractivity contribution in [3.05, 3.63) is 52.4 Å². The Morgan fingerprint density at radius 3 is 2.89 bits per heavy atom. The average molecular weight is 267 g/mol. The molecule has 5 heteroatoms. The Labute approximate surface area is 109 Å². The molecule has 2 aromatic rings. The quantitative estimate of drug-likeness (QED) is 0.927. The maximum absolute atomic E-state index is 13.1. The van der Waals surface area contributed by atoms with E-state index in [-0.39, 0.29) is 12.4 Å². The summed E-state index contributed by atoms with van der Waals surface area (Å²) in [6.45, 7) is 1.98. The largest absolute Gasteiger partial charge is 0.487 e. The number of nitrogens with zero attached hydrogens (tertiary/aromatic N) is 1. The van der Waals surface area contributed by atoms with Gasteiger partial charge in [0, 0.05) is 6.07 Å². The van der Waals surface area contributed by atoms with Gasteiger partial charge >= 0.3 is 0 Å². The first-order valence-corrected chi connectivity index (χ1v) is 5.74. The minimum atomic E-state index is -0.345. The molecule has 18 heavy (non-hydrogen) atoms. The number of halogens is 2. The molecule has 0 saturated carbocycles. The summed E-state index contributed by atoms with van der Waals surface area (Å²) in [7, 11) is 0. The number of hydrogen-bond acceptors (Lipinski definition) is 3. The molecule has 0 aliphatic rings. The Kier molecular flexibility index (Phi) is 3.67. The number of nitrogens with two attached hydrogens (primary N) is 1. The number of ether oxygens (including phenoxy) is 1. The van der Waals surface area contributed by atoms with Crippen molar-refractivity contribution in [3.63, 3.8) is 0 Å². The van der Waals surface area contributed by atoms with Crippen LogP contribution < -0.4 is 10.5 Å². The van der Waals surface area contributed by atoms with Crippen molar-refractivity contribution in [2.45, 2.75) is 13.5 Å². The molecule has 0 aliphatic heterocycles. The van der Waals surface area contributed by atoms with Crippen LogP contribution in [0.25, 0.3) is 0 Å². The van der Waals surface area contributed by atoms with Crippen molar-refractivity contribution < 1.29 is 9.13 Å². The molecule has 0 unspecified atom stereocenters. The number of pyridine rings is 1. The van der Waals surface area contributed by atoms with E-state index in [4.69, 9.17) is 22.1 Å². The predicted octanol–water partition coefficient (Wildman–Crippen LogP) is 3.34. The van der Waals surface area contributed by atoms with E-state index in [1.165, 1.54) is 12.1 Å². The number of aromatic nitrogens is 1. The number of hydrogen-bond donors (Lipinski definition) is 1. The first kappa shape index (κ1) is 12.6. The molecular formula is C13H12ClFN2O. The fraction of sp³-hybridized carbons (Fsp3) is 0.154. The van der Waals surface area contributed by atoms with Crippen molar-refractivity contribution in [1.29, 1.82) is 0 Å². The normalized spacial score (nSPS) is 10.4. The zero-order valence-electron chi connectivity index (χ0n) is 9.78. The van der Waals surface area contributed by atoms with Gasteiger partial charge in [0.25, 0.3) is 0 Å². The van der Waals surface area contributed by atoms with Gasteiger partial charge in [-0.3, -0.25) is 0 Å². The minimum absolute atomic E-state index is 0.147. The first-order valence-electron chi connectivity index (χ1n) is 5.36. The van der Waals surface area contributed by atoms with Gasteiger partial charge in [0.1, 0.15) is 24.0 Å². The number of nitrogen functional groups attached to an aromatic ring is 1. The molecule has 2 N–H and O–H groups in total. The van der Waals surface area contributed by atoms with Gasteiger partial charge in [0.15, 0.2) is 0 Å². The molecule has 0 radical (unpaired) electrons. The third-order valence-electron chi connectivity index (χ3n) is 2.45. The molecule has 3 nitrogen and oxygen atoms in total. The summed E-state index contributed by atoms with van der Waals surface area (Å²) in [6.07, 6.45) is 0. The van der Waals surface area contributed by atoms with Gasteiger partial charge in [-0.05, 0) is 30.7 Å². The Balaban J connectivity index is 2.16. The second-order valence-corrected chi connectivity index (χ2v) is 4.27. The van der Waals surface area contributed by atoms with Crippen LogP contribution in [0, 0.1) is 12.7 Å². The molecule has 94 valence electrons. The highest BCUT2D eigenvalue weighted by molar-refractivity contribution is 6.31. The number of rotatable bonds is 3. The van der Waals surface area contributed by atoms with Crippen molar-refractivity contribution in [3.8, 4) is 5.75 Å². The van der Waals surface area contributed by atoms with Crippen LogP contribution >= 0.6 is 11.6 Å². The average Bonchev–Trinajstić information content (AvgIpc) is 2.34. The summed E-state index contributed by atoms with van der Waals surface area (Å²) in [4.78, 5) is 4.07. The van der Waals surface area contributed by atoms with Crippen molar-refractivity contribution >= 4 is 17.4 Å². The Morgan fingerprint density at radius 2 is 2.11 bits per heavy atom. The highest BCUT2D eigenvalue weighted by Crippen LogP contribution is 2.22. The molecule has 0 fully saturated rings. The third kappa shape index (κ3) is 2.90. The molecule has 2 rings (SSSR count). The summed E-state index contributed by atoms with van der Waals surface area (Å²) < 4.78 is 18.6. The van der Waals surface area contributed by atoms with Gasteiger partial charge in [-0.15, -0.1) is 0 Å².